The zero-order valence-electron chi connectivity index (χ0n) is 24.3. The number of benzene rings is 5. The lowest BCUT2D eigenvalue weighted by molar-refractivity contribution is 0.661. The molecule has 0 radical (unpaired) electrons. The highest BCUT2D eigenvalue weighted by Crippen LogP contribution is 2.50. The van der Waals surface area contributed by atoms with Crippen LogP contribution in [0.5, 0.6) is 0 Å². The largest absolute Gasteiger partial charge is 0.248 e. The highest BCUT2D eigenvalue weighted by Gasteiger charge is 2.35. The molecule has 0 atom stereocenters. The molecule has 44 heavy (non-hydrogen) atoms. The van der Waals surface area contributed by atoms with Gasteiger partial charge < -0.3 is 0 Å². The first kappa shape index (κ1) is 26.4. The van der Waals surface area contributed by atoms with Crippen LogP contribution in [0.2, 0.25) is 5.02 Å². The summed E-state index contributed by atoms with van der Waals surface area (Å²) >= 11 is 6.97. The molecule has 7 aromatic rings. The van der Waals surface area contributed by atoms with Crippen LogP contribution in [0.3, 0.4) is 0 Å². The van der Waals surface area contributed by atoms with Gasteiger partial charge in [-0.3, -0.25) is 0 Å². The summed E-state index contributed by atoms with van der Waals surface area (Å²) in [7, 11) is 0. The Morgan fingerprint density at radius 1 is 0.477 bits per heavy atom. The zero-order valence-corrected chi connectivity index (χ0v) is 25.0. The van der Waals surface area contributed by atoms with Gasteiger partial charge in [-0.1, -0.05) is 129 Å². The first-order valence-electron chi connectivity index (χ1n) is 14.7. The standard InChI is InChI=1S/C39H27ClN4/c1-39(2)31-19-10-9-18-28(31)29-21-30-33(40)23-34(41-35(30)22-32(29)39)26-16-11-17-27(20-26)38-43-36(24-12-5-3-6-13-24)42-37(44-38)25-14-7-4-8-15-25/h3-23H,1-2H3. The summed E-state index contributed by atoms with van der Waals surface area (Å²) in [6.07, 6.45) is 0. The van der Waals surface area contributed by atoms with E-state index in [1.54, 1.807) is 0 Å². The average molecular weight is 587 g/mol. The smallest absolute Gasteiger partial charge is 0.164 e. The van der Waals surface area contributed by atoms with E-state index in [1.165, 1.54) is 22.3 Å². The van der Waals surface area contributed by atoms with E-state index >= 15 is 0 Å². The van der Waals surface area contributed by atoms with Crippen molar-refractivity contribution >= 4 is 22.5 Å². The Bertz CT molecular complexity index is 2150. The Labute approximate surface area is 261 Å². The molecule has 1 aliphatic rings. The molecule has 8 rings (SSSR count). The van der Waals surface area contributed by atoms with Crippen LogP contribution in [-0.4, -0.2) is 19.9 Å². The van der Waals surface area contributed by atoms with Crippen LogP contribution in [0.4, 0.5) is 0 Å². The lowest BCUT2D eigenvalue weighted by Gasteiger charge is -2.21. The molecule has 0 spiro atoms. The van der Waals surface area contributed by atoms with Crippen LogP contribution in [0.1, 0.15) is 25.0 Å². The second-order valence-electron chi connectivity index (χ2n) is 11.7. The van der Waals surface area contributed by atoms with Crippen molar-refractivity contribution in [1.82, 2.24) is 19.9 Å². The van der Waals surface area contributed by atoms with Crippen molar-refractivity contribution in [3.8, 4) is 56.5 Å². The molecule has 2 heterocycles. The van der Waals surface area contributed by atoms with Crippen molar-refractivity contribution in [2.75, 3.05) is 0 Å². The number of nitrogens with zero attached hydrogens (tertiary/aromatic N) is 4. The van der Waals surface area contributed by atoms with E-state index in [4.69, 9.17) is 31.5 Å². The summed E-state index contributed by atoms with van der Waals surface area (Å²) < 4.78 is 0. The summed E-state index contributed by atoms with van der Waals surface area (Å²) in [4.78, 5) is 19.8. The monoisotopic (exact) mass is 586 g/mol. The molecule has 210 valence electrons. The van der Waals surface area contributed by atoms with Gasteiger partial charge in [0.25, 0.3) is 0 Å². The minimum absolute atomic E-state index is 0.115. The van der Waals surface area contributed by atoms with Gasteiger partial charge in [-0.25, -0.2) is 19.9 Å². The predicted molar refractivity (Wildman–Crippen MR) is 179 cm³/mol. The minimum atomic E-state index is -0.115. The van der Waals surface area contributed by atoms with Crippen LogP contribution < -0.4 is 0 Å². The normalized spacial score (nSPS) is 13.1. The second-order valence-corrected chi connectivity index (χ2v) is 12.1. The number of halogens is 1. The molecule has 1 aliphatic carbocycles. The topological polar surface area (TPSA) is 51.6 Å². The summed E-state index contributed by atoms with van der Waals surface area (Å²) in [5, 5.41) is 1.63. The fourth-order valence-corrected chi connectivity index (χ4v) is 6.54. The molecule has 4 nitrogen and oxygen atoms in total. The Hall–Kier alpha value is -5.19. The Morgan fingerprint density at radius 3 is 1.73 bits per heavy atom. The fraction of sp³-hybridized carbons (Fsp3) is 0.0769. The molecule has 0 aliphatic heterocycles. The van der Waals surface area contributed by atoms with Crippen LogP contribution in [0, 0.1) is 0 Å². The van der Waals surface area contributed by atoms with E-state index in [-0.39, 0.29) is 5.41 Å². The molecule has 0 saturated carbocycles. The summed E-state index contributed by atoms with van der Waals surface area (Å²) in [5.41, 5.74) is 10.4. The molecule has 0 fully saturated rings. The van der Waals surface area contributed by atoms with E-state index in [9.17, 15) is 0 Å². The molecule has 0 unspecified atom stereocenters. The highest BCUT2D eigenvalue weighted by atomic mass is 35.5. The Balaban J connectivity index is 1.25. The third kappa shape index (κ3) is 4.38. The summed E-state index contributed by atoms with van der Waals surface area (Å²) in [5.74, 6) is 1.86. The summed E-state index contributed by atoms with van der Waals surface area (Å²) in [6.45, 7) is 4.56. The molecule has 2 aromatic heterocycles. The van der Waals surface area contributed by atoms with E-state index in [2.05, 4.69) is 62.4 Å². The SMILES string of the molecule is CC1(C)c2ccccc2-c2cc3c(Cl)cc(-c4cccc(-c5nc(-c6ccccc6)nc(-c6ccccc6)n5)c4)nc3cc21. The van der Waals surface area contributed by atoms with Crippen molar-refractivity contribution in [1.29, 1.82) is 0 Å². The molecular weight excluding hydrogens is 560 g/mol. The number of hydrogen-bond donors (Lipinski definition) is 0. The van der Waals surface area contributed by atoms with Gasteiger partial charge in [-0.2, -0.15) is 0 Å². The lowest BCUT2D eigenvalue weighted by atomic mass is 9.82. The van der Waals surface area contributed by atoms with Crippen LogP contribution >= 0.6 is 11.6 Å². The predicted octanol–water partition coefficient (Wildman–Crippen LogP) is 10.0. The third-order valence-corrected chi connectivity index (χ3v) is 8.89. The number of aromatic nitrogens is 4. The lowest BCUT2D eigenvalue weighted by Crippen LogP contribution is -2.14. The average Bonchev–Trinajstić information content (AvgIpc) is 3.30. The molecule has 0 bridgehead atoms. The van der Waals surface area contributed by atoms with E-state index in [0.717, 1.165) is 38.9 Å². The van der Waals surface area contributed by atoms with Crippen LogP contribution in [-0.2, 0) is 5.41 Å². The fourth-order valence-electron chi connectivity index (χ4n) is 6.28. The number of rotatable bonds is 4. The highest BCUT2D eigenvalue weighted by molar-refractivity contribution is 6.35. The molecular formula is C39H27ClN4. The maximum absolute atomic E-state index is 6.97. The summed E-state index contributed by atoms with van der Waals surface area (Å²) in [6, 6.07) is 43.2. The zero-order chi connectivity index (χ0) is 29.8. The molecule has 0 amide bonds. The van der Waals surface area contributed by atoms with Gasteiger partial charge in [-0.05, 0) is 46.5 Å². The van der Waals surface area contributed by atoms with Gasteiger partial charge in [0.15, 0.2) is 17.5 Å². The van der Waals surface area contributed by atoms with Gasteiger partial charge >= 0.3 is 0 Å². The van der Waals surface area contributed by atoms with Gasteiger partial charge in [0.05, 0.1) is 16.2 Å². The van der Waals surface area contributed by atoms with Gasteiger partial charge in [0, 0.05) is 33.1 Å². The van der Waals surface area contributed by atoms with Crippen molar-refractivity contribution in [2.24, 2.45) is 0 Å². The van der Waals surface area contributed by atoms with Crippen molar-refractivity contribution in [3.05, 3.63) is 144 Å². The molecule has 5 aromatic carbocycles. The number of fused-ring (bicyclic) bond motifs is 4. The van der Waals surface area contributed by atoms with Crippen molar-refractivity contribution in [3.63, 3.8) is 0 Å². The molecule has 0 N–H and O–H groups in total. The van der Waals surface area contributed by atoms with Gasteiger partial charge in [0.2, 0.25) is 0 Å². The van der Waals surface area contributed by atoms with Gasteiger partial charge in [-0.15, -0.1) is 0 Å². The Morgan fingerprint density at radius 2 is 1.05 bits per heavy atom. The molecule has 5 heteroatoms. The van der Waals surface area contributed by atoms with Crippen molar-refractivity contribution in [2.45, 2.75) is 19.3 Å². The van der Waals surface area contributed by atoms with E-state index < -0.39 is 0 Å². The first-order valence-corrected chi connectivity index (χ1v) is 15.1. The third-order valence-electron chi connectivity index (χ3n) is 8.58. The minimum Gasteiger partial charge on any atom is -0.248 e. The number of pyridine rings is 1. The first-order chi connectivity index (χ1) is 21.5. The number of hydrogen-bond acceptors (Lipinski definition) is 4. The van der Waals surface area contributed by atoms with Gasteiger partial charge in [0.1, 0.15) is 0 Å². The van der Waals surface area contributed by atoms with E-state index in [0.29, 0.717) is 22.5 Å². The van der Waals surface area contributed by atoms with Crippen LogP contribution in [0.15, 0.2) is 127 Å². The maximum Gasteiger partial charge on any atom is 0.164 e. The van der Waals surface area contributed by atoms with Crippen molar-refractivity contribution < 1.29 is 0 Å². The van der Waals surface area contributed by atoms with Crippen LogP contribution in [0.25, 0.3) is 67.5 Å². The molecule has 0 saturated heterocycles. The quantitative estimate of drug-likeness (QED) is 0.206. The Kier molecular flexibility index (Phi) is 6.14. The van der Waals surface area contributed by atoms with E-state index in [1.807, 2.05) is 78.9 Å². The second kappa shape index (κ2) is 10.2. The maximum atomic E-state index is 6.97.